The zero-order chi connectivity index (χ0) is 15.6. The molecule has 1 aliphatic rings. The van der Waals surface area contributed by atoms with Crippen LogP contribution in [-0.4, -0.2) is 63.7 Å². The van der Waals surface area contributed by atoms with Gasteiger partial charge in [-0.25, -0.2) is 0 Å². The van der Waals surface area contributed by atoms with Crippen molar-refractivity contribution >= 4 is 36.4 Å². The van der Waals surface area contributed by atoms with Gasteiger partial charge in [0.2, 0.25) is 5.91 Å². The molecule has 2 rings (SSSR count). The molecule has 1 saturated heterocycles. The first-order valence-electron chi connectivity index (χ1n) is 8.23. The summed E-state index contributed by atoms with van der Waals surface area (Å²) in [7, 11) is 1.93. The quantitative estimate of drug-likeness (QED) is 0.678. The van der Waals surface area contributed by atoms with E-state index in [0.29, 0.717) is 6.42 Å². The molecule has 1 heterocycles. The molecule has 0 spiro atoms. The van der Waals surface area contributed by atoms with E-state index in [1.54, 1.807) is 0 Å². The fourth-order valence-corrected chi connectivity index (χ4v) is 2.71. The number of anilines is 1. The summed E-state index contributed by atoms with van der Waals surface area (Å²) in [6.45, 7) is 6.70. The highest BCUT2D eigenvalue weighted by atomic mass is 35.5. The summed E-state index contributed by atoms with van der Waals surface area (Å²) < 4.78 is 0. The molecule has 7 heteroatoms. The van der Waals surface area contributed by atoms with Crippen LogP contribution in [0, 0.1) is 0 Å². The van der Waals surface area contributed by atoms with E-state index in [1.165, 1.54) is 5.69 Å². The molecular weight excluding hydrogens is 347 g/mol. The van der Waals surface area contributed by atoms with Crippen LogP contribution in [0.3, 0.4) is 0 Å². The van der Waals surface area contributed by atoms with E-state index in [1.807, 2.05) is 7.05 Å². The summed E-state index contributed by atoms with van der Waals surface area (Å²) in [6.07, 6.45) is 1.59. The normalized spacial score (nSPS) is 14.5. The highest BCUT2D eigenvalue weighted by Gasteiger charge is 2.17. The number of carbonyl (C=O) groups is 1. The maximum atomic E-state index is 11.8. The Morgan fingerprint density at radius 3 is 2.33 bits per heavy atom. The van der Waals surface area contributed by atoms with Crippen molar-refractivity contribution in [2.45, 2.75) is 12.8 Å². The van der Waals surface area contributed by atoms with Crippen LogP contribution in [0.15, 0.2) is 30.3 Å². The lowest BCUT2D eigenvalue weighted by Gasteiger charge is -2.36. The summed E-state index contributed by atoms with van der Waals surface area (Å²) in [5.41, 5.74) is 1.30. The molecule has 0 saturated carbocycles. The Balaban J connectivity index is 0.00000264. The van der Waals surface area contributed by atoms with Gasteiger partial charge in [-0.2, -0.15) is 0 Å². The van der Waals surface area contributed by atoms with Crippen molar-refractivity contribution in [2.24, 2.45) is 0 Å². The van der Waals surface area contributed by atoms with Gasteiger partial charge in [-0.15, -0.1) is 24.8 Å². The van der Waals surface area contributed by atoms with E-state index in [2.05, 4.69) is 50.8 Å². The van der Waals surface area contributed by atoms with Crippen LogP contribution in [0.5, 0.6) is 0 Å². The average molecular weight is 377 g/mol. The van der Waals surface area contributed by atoms with Gasteiger partial charge in [0.25, 0.3) is 0 Å². The number of piperazine rings is 1. The number of rotatable bonds is 8. The summed E-state index contributed by atoms with van der Waals surface area (Å²) >= 11 is 0. The van der Waals surface area contributed by atoms with Gasteiger partial charge in [0.1, 0.15) is 0 Å². The molecule has 0 radical (unpaired) electrons. The monoisotopic (exact) mass is 376 g/mol. The highest BCUT2D eigenvalue weighted by molar-refractivity contribution is 5.85. The van der Waals surface area contributed by atoms with E-state index in [9.17, 15) is 4.79 Å². The third kappa shape index (κ3) is 8.20. The second kappa shape index (κ2) is 13.3. The number of nitrogens with zero attached hydrogens (tertiary/aromatic N) is 2. The van der Waals surface area contributed by atoms with Crippen molar-refractivity contribution in [1.82, 2.24) is 15.5 Å². The summed E-state index contributed by atoms with van der Waals surface area (Å²) in [6, 6.07) is 10.5. The molecule has 0 unspecified atom stereocenters. The van der Waals surface area contributed by atoms with E-state index in [-0.39, 0.29) is 30.7 Å². The molecule has 138 valence electrons. The van der Waals surface area contributed by atoms with Gasteiger partial charge in [0, 0.05) is 51.4 Å². The Morgan fingerprint density at radius 2 is 1.71 bits per heavy atom. The zero-order valence-corrected chi connectivity index (χ0v) is 16.0. The standard InChI is InChI=1S/C17H28N4O.2ClH/c1-18-9-5-10-19-17(22)8-11-20-12-14-21(15-13-20)16-6-3-2-4-7-16;;/h2-4,6-7,18H,5,8-15H2,1H3,(H,19,22);2*1H. The molecular formula is C17H30Cl2N4O. The van der Waals surface area contributed by atoms with Gasteiger partial charge >= 0.3 is 0 Å². The second-order valence-electron chi connectivity index (χ2n) is 5.72. The number of hydrogen-bond donors (Lipinski definition) is 2. The number of para-hydroxylation sites is 1. The van der Waals surface area contributed by atoms with E-state index < -0.39 is 0 Å². The molecule has 0 aliphatic carbocycles. The van der Waals surface area contributed by atoms with Crippen LogP contribution < -0.4 is 15.5 Å². The van der Waals surface area contributed by atoms with Crippen LogP contribution in [0.25, 0.3) is 0 Å². The van der Waals surface area contributed by atoms with Crippen molar-refractivity contribution in [2.75, 3.05) is 57.8 Å². The third-order valence-electron chi connectivity index (χ3n) is 4.07. The number of benzene rings is 1. The highest BCUT2D eigenvalue weighted by Crippen LogP contribution is 2.15. The van der Waals surface area contributed by atoms with Gasteiger partial charge in [-0.1, -0.05) is 18.2 Å². The van der Waals surface area contributed by atoms with Gasteiger partial charge in [-0.05, 0) is 32.1 Å². The largest absolute Gasteiger partial charge is 0.369 e. The van der Waals surface area contributed by atoms with Crippen LogP contribution in [-0.2, 0) is 4.79 Å². The number of carbonyl (C=O) groups excluding carboxylic acids is 1. The molecule has 1 amide bonds. The smallest absolute Gasteiger partial charge is 0.221 e. The molecule has 24 heavy (non-hydrogen) atoms. The van der Waals surface area contributed by atoms with Crippen LogP contribution in [0.1, 0.15) is 12.8 Å². The van der Waals surface area contributed by atoms with Gasteiger partial charge < -0.3 is 15.5 Å². The minimum Gasteiger partial charge on any atom is -0.369 e. The molecule has 2 N–H and O–H groups in total. The first-order valence-corrected chi connectivity index (χ1v) is 8.23. The lowest BCUT2D eigenvalue weighted by atomic mass is 10.2. The second-order valence-corrected chi connectivity index (χ2v) is 5.72. The topological polar surface area (TPSA) is 47.6 Å². The van der Waals surface area contributed by atoms with Crippen molar-refractivity contribution < 1.29 is 4.79 Å². The predicted octanol–water partition coefficient (Wildman–Crippen LogP) is 1.77. The molecule has 1 aromatic rings. The first-order chi connectivity index (χ1) is 10.8. The molecule has 1 aliphatic heterocycles. The molecule has 1 fully saturated rings. The fourth-order valence-electron chi connectivity index (χ4n) is 2.71. The SMILES string of the molecule is CNCCCNC(=O)CCN1CCN(c2ccccc2)CC1.Cl.Cl. The van der Waals surface area contributed by atoms with Crippen LogP contribution >= 0.6 is 24.8 Å². The average Bonchev–Trinajstić information content (AvgIpc) is 2.58. The lowest BCUT2D eigenvalue weighted by molar-refractivity contribution is -0.121. The Hall–Kier alpha value is -1.01. The molecule has 5 nitrogen and oxygen atoms in total. The fraction of sp³-hybridized carbons (Fsp3) is 0.588. The summed E-state index contributed by atoms with van der Waals surface area (Å²) in [4.78, 5) is 16.6. The van der Waals surface area contributed by atoms with Gasteiger partial charge in [0.15, 0.2) is 0 Å². The molecule has 1 aromatic carbocycles. The molecule has 0 atom stereocenters. The molecule has 0 bridgehead atoms. The zero-order valence-electron chi connectivity index (χ0n) is 14.4. The first kappa shape index (κ1) is 23.0. The third-order valence-corrected chi connectivity index (χ3v) is 4.07. The van der Waals surface area contributed by atoms with E-state index in [4.69, 9.17) is 0 Å². The predicted molar refractivity (Wildman–Crippen MR) is 106 cm³/mol. The minimum absolute atomic E-state index is 0. The van der Waals surface area contributed by atoms with E-state index >= 15 is 0 Å². The van der Waals surface area contributed by atoms with Gasteiger partial charge in [-0.3, -0.25) is 9.69 Å². The Kier molecular flexibility index (Phi) is 12.7. The number of hydrogen-bond acceptors (Lipinski definition) is 4. The lowest BCUT2D eigenvalue weighted by Crippen LogP contribution is -2.47. The summed E-state index contributed by atoms with van der Waals surface area (Å²) in [5.74, 6) is 0.168. The Morgan fingerprint density at radius 1 is 1.04 bits per heavy atom. The van der Waals surface area contributed by atoms with Crippen molar-refractivity contribution in [3.63, 3.8) is 0 Å². The molecule has 0 aromatic heterocycles. The van der Waals surface area contributed by atoms with Gasteiger partial charge in [0.05, 0.1) is 0 Å². The van der Waals surface area contributed by atoms with Crippen molar-refractivity contribution in [1.29, 1.82) is 0 Å². The van der Waals surface area contributed by atoms with Crippen LogP contribution in [0.4, 0.5) is 5.69 Å². The summed E-state index contributed by atoms with van der Waals surface area (Å²) in [5, 5.41) is 6.05. The van der Waals surface area contributed by atoms with Crippen molar-refractivity contribution in [3.8, 4) is 0 Å². The maximum Gasteiger partial charge on any atom is 0.221 e. The number of halogens is 2. The Bertz CT molecular complexity index is 439. The minimum atomic E-state index is 0. The van der Waals surface area contributed by atoms with Crippen LogP contribution in [0.2, 0.25) is 0 Å². The number of nitrogens with one attached hydrogen (secondary N) is 2. The Labute approximate surface area is 158 Å². The maximum absolute atomic E-state index is 11.8. The van der Waals surface area contributed by atoms with E-state index in [0.717, 1.165) is 52.2 Å². The number of amides is 1. The van der Waals surface area contributed by atoms with Crippen molar-refractivity contribution in [3.05, 3.63) is 30.3 Å².